The Morgan fingerprint density at radius 2 is 1.61 bits per heavy atom. The zero-order valence-corrected chi connectivity index (χ0v) is 17.9. The molecular formula is C22H13F9N4O. The highest BCUT2D eigenvalue weighted by atomic mass is 19.4. The Morgan fingerprint density at radius 1 is 0.889 bits per heavy atom. The molecule has 36 heavy (non-hydrogen) atoms. The molecule has 0 saturated heterocycles. The highest BCUT2D eigenvalue weighted by molar-refractivity contribution is 5.79. The molecule has 5 nitrogen and oxygen atoms in total. The van der Waals surface area contributed by atoms with Crippen molar-refractivity contribution in [2.75, 3.05) is 6.67 Å². The van der Waals surface area contributed by atoms with Crippen LogP contribution in [-0.2, 0) is 12.4 Å². The number of aryl methyl sites for hydroxylation is 1. The molecular weight excluding hydrogens is 507 g/mol. The third kappa shape index (κ3) is 4.93. The monoisotopic (exact) mass is 520 g/mol. The Hall–Kier alpha value is -3.84. The SMILES string of the molecule is Cc1cc(-c2cnn3c(C(F)(F)F)cc(-c4ccc(OC(F)(F)CF)c(C(F)(F)F)c4)nc23)ccn1. The summed E-state index contributed by atoms with van der Waals surface area (Å²) >= 11 is 0. The summed E-state index contributed by atoms with van der Waals surface area (Å²) in [5.74, 6) is -1.40. The lowest BCUT2D eigenvalue weighted by molar-refractivity contribution is -0.192. The van der Waals surface area contributed by atoms with Gasteiger partial charge in [-0.05, 0) is 48.9 Å². The molecule has 0 saturated carbocycles. The second-order valence-corrected chi connectivity index (χ2v) is 7.59. The van der Waals surface area contributed by atoms with Gasteiger partial charge in [-0.15, -0.1) is 0 Å². The van der Waals surface area contributed by atoms with E-state index in [1.54, 1.807) is 13.0 Å². The Kier molecular flexibility index (Phi) is 6.09. The normalized spacial score (nSPS) is 12.8. The van der Waals surface area contributed by atoms with E-state index in [-0.39, 0.29) is 11.2 Å². The van der Waals surface area contributed by atoms with Crippen molar-refractivity contribution in [3.05, 3.63) is 65.7 Å². The molecule has 0 unspecified atom stereocenters. The van der Waals surface area contributed by atoms with E-state index in [2.05, 4.69) is 19.8 Å². The van der Waals surface area contributed by atoms with Gasteiger partial charge in [0.25, 0.3) is 0 Å². The highest BCUT2D eigenvalue weighted by Gasteiger charge is 2.40. The van der Waals surface area contributed by atoms with E-state index in [0.717, 1.165) is 12.3 Å². The van der Waals surface area contributed by atoms with Crippen LogP contribution in [0.2, 0.25) is 0 Å². The average molecular weight is 520 g/mol. The Morgan fingerprint density at radius 3 is 2.22 bits per heavy atom. The first-order valence-corrected chi connectivity index (χ1v) is 9.93. The van der Waals surface area contributed by atoms with Crippen molar-refractivity contribution in [1.82, 2.24) is 19.6 Å². The van der Waals surface area contributed by atoms with Gasteiger partial charge in [0.2, 0.25) is 0 Å². The molecule has 0 fully saturated rings. The summed E-state index contributed by atoms with van der Waals surface area (Å²) in [6, 6.07) is 5.10. The van der Waals surface area contributed by atoms with Crippen LogP contribution in [0, 0.1) is 6.92 Å². The van der Waals surface area contributed by atoms with Gasteiger partial charge >= 0.3 is 18.5 Å². The fraction of sp³-hybridized carbons (Fsp3) is 0.227. The van der Waals surface area contributed by atoms with E-state index in [1.807, 2.05) is 0 Å². The van der Waals surface area contributed by atoms with Crippen molar-refractivity contribution in [3.63, 3.8) is 0 Å². The number of fused-ring (bicyclic) bond motifs is 1. The molecule has 4 rings (SSSR count). The van der Waals surface area contributed by atoms with Gasteiger partial charge in [-0.3, -0.25) is 4.98 Å². The number of ether oxygens (including phenoxy) is 1. The molecule has 0 spiro atoms. The van der Waals surface area contributed by atoms with E-state index >= 15 is 0 Å². The topological polar surface area (TPSA) is 52.3 Å². The first-order chi connectivity index (χ1) is 16.7. The molecule has 3 aromatic heterocycles. The summed E-state index contributed by atoms with van der Waals surface area (Å²) in [4.78, 5) is 8.09. The number of hydrogen-bond donors (Lipinski definition) is 0. The van der Waals surface area contributed by atoms with E-state index in [0.29, 0.717) is 34.0 Å². The number of benzene rings is 1. The van der Waals surface area contributed by atoms with Gasteiger partial charge in [0.1, 0.15) is 5.75 Å². The van der Waals surface area contributed by atoms with Crippen molar-refractivity contribution in [3.8, 4) is 28.1 Å². The predicted octanol–water partition coefficient (Wildman–Crippen LogP) is 6.75. The van der Waals surface area contributed by atoms with Gasteiger partial charge in [0, 0.05) is 23.0 Å². The summed E-state index contributed by atoms with van der Waals surface area (Å²) in [7, 11) is 0. The van der Waals surface area contributed by atoms with Crippen molar-refractivity contribution < 1.29 is 44.3 Å². The predicted molar refractivity (Wildman–Crippen MR) is 108 cm³/mol. The molecule has 0 N–H and O–H groups in total. The molecule has 14 heteroatoms. The molecule has 4 aromatic rings. The van der Waals surface area contributed by atoms with Gasteiger partial charge in [0.05, 0.1) is 17.5 Å². The van der Waals surface area contributed by atoms with Gasteiger partial charge in [-0.2, -0.15) is 40.2 Å². The van der Waals surface area contributed by atoms with Crippen LogP contribution >= 0.6 is 0 Å². The van der Waals surface area contributed by atoms with Crippen LogP contribution in [0.4, 0.5) is 39.5 Å². The molecule has 0 atom stereocenters. The number of aromatic nitrogens is 4. The smallest absolute Gasteiger partial charge is 0.430 e. The number of halogens is 9. The van der Waals surface area contributed by atoms with Gasteiger partial charge in [0.15, 0.2) is 18.0 Å². The number of nitrogens with zero attached hydrogens (tertiary/aromatic N) is 4. The molecule has 0 aliphatic carbocycles. The minimum absolute atomic E-state index is 0.145. The molecule has 0 amide bonds. The number of rotatable bonds is 5. The maximum Gasteiger partial charge on any atom is 0.433 e. The maximum atomic E-state index is 13.8. The van der Waals surface area contributed by atoms with Crippen LogP contribution in [-0.4, -0.2) is 32.4 Å². The lowest BCUT2D eigenvalue weighted by Gasteiger charge is -2.19. The van der Waals surface area contributed by atoms with E-state index in [9.17, 15) is 39.5 Å². The second-order valence-electron chi connectivity index (χ2n) is 7.59. The fourth-order valence-corrected chi connectivity index (χ4v) is 3.42. The fourth-order valence-electron chi connectivity index (χ4n) is 3.42. The number of hydrogen-bond acceptors (Lipinski definition) is 4. The highest BCUT2D eigenvalue weighted by Crippen LogP contribution is 2.41. The summed E-state index contributed by atoms with van der Waals surface area (Å²) < 4.78 is 126. The van der Waals surface area contributed by atoms with E-state index in [1.165, 1.54) is 12.3 Å². The molecule has 190 valence electrons. The van der Waals surface area contributed by atoms with Crippen molar-refractivity contribution >= 4 is 5.65 Å². The molecule has 0 aliphatic rings. The van der Waals surface area contributed by atoms with Gasteiger partial charge in [-0.1, -0.05) is 0 Å². The Labute approximate surface area is 196 Å². The van der Waals surface area contributed by atoms with E-state index < -0.39 is 53.4 Å². The van der Waals surface area contributed by atoms with Crippen molar-refractivity contribution in [1.29, 1.82) is 0 Å². The van der Waals surface area contributed by atoms with Crippen LogP contribution in [0.3, 0.4) is 0 Å². The number of alkyl halides is 9. The third-order valence-electron chi connectivity index (χ3n) is 4.97. The number of pyridine rings is 1. The maximum absolute atomic E-state index is 13.8. The van der Waals surface area contributed by atoms with Crippen LogP contribution in [0.1, 0.15) is 17.0 Å². The third-order valence-corrected chi connectivity index (χ3v) is 4.97. The second kappa shape index (κ2) is 8.68. The minimum Gasteiger partial charge on any atom is -0.430 e. The zero-order valence-electron chi connectivity index (χ0n) is 17.9. The molecule has 3 heterocycles. The standard InChI is InChI=1S/C22H13F9N4O/c1-11-6-12(4-5-32-11)14-9-33-35-18(22(29,30)31)8-16(34-19(14)35)13-2-3-17(36-20(24,25)10-23)15(7-13)21(26,27)28/h2-9H,10H2,1H3. The van der Waals surface area contributed by atoms with Crippen LogP contribution in [0.25, 0.3) is 28.0 Å². The quantitative estimate of drug-likeness (QED) is 0.274. The van der Waals surface area contributed by atoms with Gasteiger partial charge < -0.3 is 4.74 Å². The largest absolute Gasteiger partial charge is 0.433 e. The Balaban J connectivity index is 1.95. The molecule has 0 bridgehead atoms. The zero-order chi connectivity index (χ0) is 26.5. The van der Waals surface area contributed by atoms with Crippen LogP contribution < -0.4 is 4.74 Å². The summed E-state index contributed by atoms with van der Waals surface area (Å²) in [6.45, 7) is -0.748. The van der Waals surface area contributed by atoms with Crippen LogP contribution in [0.5, 0.6) is 5.75 Å². The molecule has 1 aromatic carbocycles. The lowest BCUT2D eigenvalue weighted by Crippen LogP contribution is -2.28. The first-order valence-electron chi connectivity index (χ1n) is 9.93. The van der Waals surface area contributed by atoms with Crippen molar-refractivity contribution in [2.24, 2.45) is 0 Å². The lowest BCUT2D eigenvalue weighted by atomic mass is 10.0. The molecule has 0 radical (unpaired) electrons. The Bertz CT molecular complexity index is 1430. The van der Waals surface area contributed by atoms with Crippen LogP contribution in [0.15, 0.2) is 48.8 Å². The summed E-state index contributed by atoms with van der Waals surface area (Å²) in [6.07, 6.45) is -12.3. The van der Waals surface area contributed by atoms with Crippen molar-refractivity contribution in [2.45, 2.75) is 25.4 Å². The summed E-state index contributed by atoms with van der Waals surface area (Å²) in [5.41, 5.74) is -3.34. The molecule has 0 aliphatic heterocycles. The average Bonchev–Trinajstić information content (AvgIpc) is 3.21. The van der Waals surface area contributed by atoms with Gasteiger partial charge in [-0.25, -0.2) is 13.9 Å². The minimum atomic E-state index is -5.26. The summed E-state index contributed by atoms with van der Waals surface area (Å²) in [5, 5.41) is 3.74. The first kappa shape index (κ1) is 25.3. The van der Waals surface area contributed by atoms with E-state index in [4.69, 9.17) is 0 Å².